The van der Waals surface area contributed by atoms with Crippen LogP contribution in [0.2, 0.25) is 5.02 Å². The molecular weight excluding hydrogens is 388 g/mol. The predicted octanol–water partition coefficient (Wildman–Crippen LogP) is 4.63. The molecule has 1 N–H and O–H groups in total. The summed E-state index contributed by atoms with van der Waals surface area (Å²) in [7, 11) is 0. The van der Waals surface area contributed by atoms with Gasteiger partial charge in [-0.15, -0.1) is 0 Å². The van der Waals surface area contributed by atoms with Gasteiger partial charge in [0.1, 0.15) is 0 Å². The third kappa shape index (κ3) is 4.40. The maximum atomic E-state index is 12.8. The maximum absolute atomic E-state index is 12.8. The number of amides is 1. The van der Waals surface area contributed by atoms with Crippen molar-refractivity contribution in [3.8, 4) is 11.3 Å². The molecule has 5 nitrogen and oxygen atoms in total. The van der Waals surface area contributed by atoms with Gasteiger partial charge in [0.05, 0.1) is 16.8 Å². The molecule has 2 aromatic carbocycles. The highest BCUT2D eigenvalue weighted by atomic mass is 35.5. The molecule has 3 aromatic rings. The van der Waals surface area contributed by atoms with E-state index >= 15 is 0 Å². The lowest BCUT2D eigenvalue weighted by Crippen LogP contribution is -2.37. The van der Waals surface area contributed by atoms with Gasteiger partial charge in [-0.3, -0.25) is 4.79 Å². The number of para-hydroxylation sites is 1. The Balaban J connectivity index is 1.59. The first kappa shape index (κ1) is 19.4. The second-order valence-corrected chi connectivity index (χ2v) is 7.73. The van der Waals surface area contributed by atoms with E-state index in [9.17, 15) is 9.59 Å². The highest BCUT2D eigenvalue weighted by molar-refractivity contribution is 6.33. The van der Waals surface area contributed by atoms with E-state index in [0.29, 0.717) is 33.1 Å². The molecule has 148 valence electrons. The molecule has 0 aliphatic heterocycles. The van der Waals surface area contributed by atoms with Crippen molar-refractivity contribution >= 4 is 34.4 Å². The SMILES string of the molecule is C[C@@H](NC(=O)COC(=O)c1cc(-c2ccccc2Cl)nc2ccccc12)C1CC1. The Morgan fingerprint density at radius 3 is 2.66 bits per heavy atom. The van der Waals surface area contributed by atoms with Crippen LogP contribution in [0.1, 0.15) is 30.1 Å². The van der Waals surface area contributed by atoms with Gasteiger partial charge in [-0.25, -0.2) is 9.78 Å². The van der Waals surface area contributed by atoms with E-state index < -0.39 is 5.97 Å². The molecule has 0 saturated heterocycles. The second kappa shape index (κ2) is 8.21. The number of fused-ring (bicyclic) bond motifs is 1. The van der Waals surface area contributed by atoms with Crippen molar-refractivity contribution in [3.63, 3.8) is 0 Å². The van der Waals surface area contributed by atoms with Crippen molar-refractivity contribution in [3.05, 3.63) is 65.2 Å². The number of rotatable bonds is 6. The van der Waals surface area contributed by atoms with Crippen molar-refractivity contribution in [2.45, 2.75) is 25.8 Å². The molecule has 1 aromatic heterocycles. The Kier molecular flexibility index (Phi) is 5.49. The number of benzene rings is 2. The molecule has 1 saturated carbocycles. The third-order valence-corrected chi connectivity index (χ3v) is 5.47. The molecule has 1 amide bonds. The van der Waals surface area contributed by atoms with Gasteiger partial charge in [-0.1, -0.05) is 48.0 Å². The number of nitrogens with one attached hydrogen (secondary N) is 1. The molecule has 1 fully saturated rings. The molecule has 0 unspecified atom stereocenters. The Hall–Kier alpha value is -2.92. The number of hydrogen-bond acceptors (Lipinski definition) is 4. The number of carbonyl (C=O) groups is 2. The highest BCUT2D eigenvalue weighted by Gasteiger charge is 2.29. The van der Waals surface area contributed by atoms with Crippen LogP contribution >= 0.6 is 11.6 Å². The van der Waals surface area contributed by atoms with Crippen LogP contribution in [0.5, 0.6) is 0 Å². The Morgan fingerprint density at radius 2 is 1.90 bits per heavy atom. The van der Waals surface area contributed by atoms with E-state index in [-0.39, 0.29) is 18.6 Å². The normalized spacial score (nSPS) is 14.4. The van der Waals surface area contributed by atoms with Crippen molar-refractivity contribution in [1.29, 1.82) is 0 Å². The van der Waals surface area contributed by atoms with Crippen molar-refractivity contribution in [2.24, 2.45) is 5.92 Å². The summed E-state index contributed by atoms with van der Waals surface area (Å²) in [5, 5.41) is 4.10. The van der Waals surface area contributed by atoms with E-state index in [4.69, 9.17) is 16.3 Å². The summed E-state index contributed by atoms with van der Waals surface area (Å²) in [6, 6.07) is 16.4. The fourth-order valence-electron chi connectivity index (χ4n) is 3.37. The summed E-state index contributed by atoms with van der Waals surface area (Å²) < 4.78 is 5.31. The predicted molar refractivity (Wildman–Crippen MR) is 113 cm³/mol. The number of ether oxygens (including phenoxy) is 1. The van der Waals surface area contributed by atoms with E-state index in [0.717, 1.165) is 18.4 Å². The van der Waals surface area contributed by atoms with Gasteiger partial charge in [-0.05, 0) is 43.9 Å². The number of halogens is 1. The van der Waals surface area contributed by atoms with Gasteiger partial charge in [0.15, 0.2) is 6.61 Å². The minimum absolute atomic E-state index is 0.106. The monoisotopic (exact) mass is 408 g/mol. The number of hydrogen-bond donors (Lipinski definition) is 1. The topological polar surface area (TPSA) is 68.3 Å². The van der Waals surface area contributed by atoms with Crippen molar-refractivity contribution in [1.82, 2.24) is 10.3 Å². The van der Waals surface area contributed by atoms with Crippen LogP contribution in [-0.4, -0.2) is 29.5 Å². The van der Waals surface area contributed by atoms with Gasteiger partial charge in [0.25, 0.3) is 5.91 Å². The smallest absolute Gasteiger partial charge is 0.339 e. The Labute approximate surface area is 174 Å². The first-order valence-corrected chi connectivity index (χ1v) is 10.0. The summed E-state index contributed by atoms with van der Waals surface area (Å²) in [6.07, 6.45) is 2.27. The van der Waals surface area contributed by atoms with Crippen LogP contribution in [0.3, 0.4) is 0 Å². The van der Waals surface area contributed by atoms with Crippen LogP contribution < -0.4 is 5.32 Å². The Bertz CT molecular complexity index is 1080. The highest BCUT2D eigenvalue weighted by Crippen LogP contribution is 2.32. The summed E-state index contributed by atoms with van der Waals surface area (Å²) in [4.78, 5) is 29.5. The minimum atomic E-state index is -0.564. The van der Waals surface area contributed by atoms with Gasteiger partial charge in [0, 0.05) is 22.0 Å². The lowest BCUT2D eigenvalue weighted by Gasteiger charge is -2.13. The lowest BCUT2D eigenvalue weighted by atomic mass is 10.0. The molecule has 0 spiro atoms. The molecule has 1 atom stereocenters. The molecular formula is C23H21ClN2O3. The van der Waals surface area contributed by atoms with E-state index in [1.165, 1.54) is 0 Å². The standard InChI is InChI=1S/C23H21ClN2O3/c1-14(15-10-11-15)25-22(27)13-29-23(28)18-12-21(17-7-2-4-8-19(17)24)26-20-9-5-3-6-16(18)20/h2-9,12,14-15H,10-11,13H2,1H3,(H,25,27)/t14-/m1/s1. The molecule has 6 heteroatoms. The van der Waals surface area contributed by atoms with E-state index in [2.05, 4.69) is 10.3 Å². The van der Waals surface area contributed by atoms with Crippen LogP contribution in [0.25, 0.3) is 22.2 Å². The van der Waals surface area contributed by atoms with Crippen LogP contribution in [0.4, 0.5) is 0 Å². The average Bonchev–Trinajstić information content (AvgIpc) is 3.57. The first-order chi connectivity index (χ1) is 14.0. The first-order valence-electron chi connectivity index (χ1n) is 9.64. The summed E-state index contributed by atoms with van der Waals surface area (Å²) >= 11 is 6.31. The third-order valence-electron chi connectivity index (χ3n) is 5.14. The maximum Gasteiger partial charge on any atom is 0.339 e. The summed E-state index contributed by atoms with van der Waals surface area (Å²) in [6.45, 7) is 1.66. The largest absolute Gasteiger partial charge is 0.452 e. The molecule has 4 rings (SSSR count). The summed E-state index contributed by atoms with van der Waals surface area (Å²) in [5.41, 5.74) is 2.32. The molecule has 29 heavy (non-hydrogen) atoms. The van der Waals surface area contributed by atoms with E-state index in [1.54, 1.807) is 12.1 Å². The minimum Gasteiger partial charge on any atom is -0.452 e. The number of pyridine rings is 1. The zero-order chi connectivity index (χ0) is 20.4. The molecule has 0 radical (unpaired) electrons. The van der Waals surface area contributed by atoms with Crippen LogP contribution in [0, 0.1) is 5.92 Å². The lowest BCUT2D eigenvalue weighted by molar-refractivity contribution is -0.124. The van der Waals surface area contributed by atoms with Gasteiger partial charge < -0.3 is 10.1 Å². The zero-order valence-electron chi connectivity index (χ0n) is 16.0. The van der Waals surface area contributed by atoms with Gasteiger partial charge in [0.2, 0.25) is 0 Å². The van der Waals surface area contributed by atoms with Gasteiger partial charge in [-0.2, -0.15) is 0 Å². The molecule has 1 heterocycles. The van der Waals surface area contributed by atoms with Crippen LogP contribution in [0.15, 0.2) is 54.6 Å². The molecule has 0 bridgehead atoms. The average molecular weight is 409 g/mol. The molecule has 1 aliphatic carbocycles. The zero-order valence-corrected chi connectivity index (χ0v) is 16.8. The number of nitrogens with zero attached hydrogens (tertiary/aromatic N) is 1. The number of aromatic nitrogens is 1. The van der Waals surface area contributed by atoms with Crippen molar-refractivity contribution in [2.75, 3.05) is 6.61 Å². The summed E-state index contributed by atoms with van der Waals surface area (Å²) in [5.74, 6) is -0.314. The quantitative estimate of drug-likeness (QED) is 0.604. The fourth-order valence-corrected chi connectivity index (χ4v) is 3.60. The second-order valence-electron chi connectivity index (χ2n) is 7.32. The number of esters is 1. The van der Waals surface area contributed by atoms with E-state index in [1.807, 2.05) is 49.4 Å². The van der Waals surface area contributed by atoms with Gasteiger partial charge >= 0.3 is 5.97 Å². The Morgan fingerprint density at radius 1 is 1.17 bits per heavy atom. The number of carbonyl (C=O) groups excluding carboxylic acids is 2. The fraction of sp³-hybridized carbons (Fsp3) is 0.261. The van der Waals surface area contributed by atoms with Crippen LogP contribution in [-0.2, 0) is 9.53 Å². The molecule has 1 aliphatic rings. The van der Waals surface area contributed by atoms with Crippen molar-refractivity contribution < 1.29 is 14.3 Å².